The minimum Gasteiger partial charge on any atom is -0.478 e. The normalized spacial score (nSPS) is 20.1. The van der Waals surface area contributed by atoms with Crippen molar-refractivity contribution in [1.82, 2.24) is 4.90 Å². The van der Waals surface area contributed by atoms with Crippen LogP contribution in [0.2, 0.25) is 0 Å². The third-order valence-electron chi connectivity index (χ3n) is 4.42. The van der Waals surface area contributed by atoms with E-state index in [1.165, 1.54) is 18.6 Å². The first-order valence-electron chi connectivity index (χ1n) is 7.32. The van der Waals surface area contributed by atoms with Crippen molar-refractivity contribution in [3.63, 3.8) is 0 Å². The van der Waals surface area contributed by atoms with E-state index in [1.54, 1.807) is 12.1 Å². The van der Waals surface area contributed by atoms with Gasteiger partial charge in [-0.05, 0) is 37.0 Å². The van der Waals surface area contributed by atoms with Crippen LogP contribution in [-0.2, 0) is 16.0 Å². The van der Waals surface area contributed by atoms with Crippen molar-refractivity contribution in [3.8, 4) is 0 Å². The van der Waals surface area contributed by atoms with Gasteiger partial charge in [-0.15, -0.1) is 0 Å². The predicted molar refractivity (Wildman–Crippen MR) is 76.2 cm³/mol. The van der Waals surface area contributed by atoms with E-state index in [0.717, 1.165) is 18.4 Å². The zero-order valence-electron chi connectivity index (χ0n) is 11.9. The van der Waals surface area contributed by atoms with E-state index in [1.807, 2.05) is 4.90 Å². The Balaban J connectivity index is 1.61. The summed E-state index contributed by atoms with van der Waals surface area (Å²) in [5.74, 6) is -0.861. The van der Waals surface area contributed by atoms with Gasteiger partial charge in [0.1, 0.15) is 0 Å². The average Bonchev–Trinajstić information content (AvgIpc) is 2.46. The minimum absolute atomic E-state index is 0.0823. The average molecular weight is 289 g/mol. The van der Waals surface area contributed by atoms with E-state index >= 15 is 0 Å². The van der Waals surface area contributed by atoms with Gasteiger partial charge >= 0.3 is 5.97 Å². The zero-order valence-corrected chi connectivity index (χ0v) is 11.9. The van der Waals surface area contributed by atoms with Crippen LogP contribution < -0.4 is 0 Å². The lowest BCUT2D eigenvalue weighted by Crippen LogP contribution is -2.57. The van der Waals surface area contributed by atoms with Crippen molar-refractivity contribution in [2.45, 2.75) is 31.3 Å². The quantitative estimate of drug-likeness (QED) is 0.920. The second-order valence-corrected chi connectivity index (χ2v) is 5.88. The summed E-state index contributed by atoms with van der Waals surface area (Å²) in [5, 5.41) is 8.86. The molecule has 1 amide bonds. The van der Waals surface area contributed by atoms with E-state index in [9.17, 15) is 9.59 Å². The fraction of sp³-hybridized carbons (Fsp3) is 0.500. The number of benzene rings is 1. The summed E-state index contributed by atoms with van der Waals surface area (Å²) in [4.78, 5) is 25.1. The number of nitrogens with zero attached hydrogens (tertiary/aromatic N) is 1. The number of carboxylic acid groups (broad SMARTS) is 1. The fourth-order valence-electron chi connectivity index (χ4n) is 2.98. The van der Waals surface area contributed by atoms with Gasteiger partial charge in [-0.1, -0.05) is 12.1 Å². The molecular formula is C16H19NO4. The number of ether oxygens (including phenoxy) is 1. The van der Waals surface area contributed by atoms with Gasteiger partial charge in [-0.2, -0.15) is 0 Å². The maximum absolute atomic E-state index is 12.4. The Labute approximate surface area is 123 Å². The highest BCUT2D eigenvalue weighted by Crippen LogP contribution is 2.38. The molecule has 3 rings (SSSR count). The molecule has 2 aliphatic rings. The third-order valence-corrected chi connectivity index (χ3v) is 4.42. The molecule has 1 aliphatic heterocycles. The van der Waals surface area contributed by atoms with Gasteiger partial charge in [0.15, 0.2) is 0 Å². The van der Waals surface area contributed by atoms with Gasteiger partial charge in [0.25, 0.3) is 0 Å². The van der Waals surface area contributed by atoms with Crippen LogP contribution in [0.5, 0.6) is 0 Å². The largest absolute Gasteiger partial charge is 0.478 e. The Hall–Kier alpha value is -1.88. The van der Waals surface area contributed by atoms with Gasteiger partial charge in [0.2, 0.25) is 5.91 Å². The Morgan fingerprint density at radius 2 is 1.95 bits per heavy atom. The number of aromatic carboxylic acids is 1. The Morgan fingerprint density at radius 1 is 1.24 bits per heavy atom. The number of hydrogen-bond donors (Lipinski definition) is 1. The summed E-state index contributed by atoms with van der Waals surface area (Å²) >= 11 is 0. The van der Waals surface area contributed by atoms with Gasteiger partial charge < -0.3 is 14.7 Å². The Morgan fingerprint density at radius 3 is 2.52 bits per heavy atom. The van der Waals surface area contributed by atoms with E-state index in [-0.39, 0.29) is 17.1 Å². The summed E-state index contributed by atoms with van der Waals surface area (Å²) in [6.07, 6.45) is 3.59. The van der Waals surface area contributed by atoms with Crippen LogP contribution in [0.3, 0.4) is 0 Å². The zero-order chi connectivity index (χ0) is 14.9. The highest BCUT2D eigenvalue weighted by Gasteiger charge is 2.43. The Kier molecular flexibility index (Phi) is 3.68. The monoisotopic (exact) mass is 289 g/mol. The minimum atomic E-state index is -0.951. The molecule has 1 saturated heterocycles. The highest BCUT2D eigenvalue weighted by atomic mass is 16.5. The number of carbonyl (C=O) groups is 2. The first kappa shape index (κ1) is 14.1. The number of morpholine rings is 1. The maximum Gasteiger partial charge on any atom is 0.335 e. The van der Waals surface area contributed by atoms with Crippen LogP contribution in [0.1, 0.15) is 35.2 Å². The molecule has 1 saturated carbocycles. The molecule has 112 valence electrons. The molecule has 1 aromatic rings. The van der Waals surface area contributed by atoms with E-state index in [0.29, 0.717) is 26.1 Å². The summed E-state index contributed by atoms with van der Waals surface area (Å²) in [6.45, 7) is 1.95. The van der Waals surface area contributed by atoms with Gasteiger partial charge in [0, 0.05) is 13.1 Å². The van der Waals surface area contributed by atoms with Crippen LogP contribution in [0.4, 0.5) is 0 Å². The second-order valence-electron chi connectivity index (χ2n) is 5.88. The highest BCUT2D eigenvalue weighted by molar-refractivity contribution is 5.87. The number of hydrogen-bond acceptors (Lipinski definition) is 3. The standard InChI is InChI=1S/C16H19NO4/c18-14(10-12-2-4-13(5-3-12)15(19)20)17-8-9-21-16(11-17)6-1-7-16/h2-5H,1,6-11H2,(H,19,20). The lowest BCUT2D eigenvalue weighted by atomic mass is 9.79. The molecule has 0 radical (unpaired) electrons. The summed E-state index contributed by atoms with van der Waals surface area (Å²) in [7, 11) is 0. The molecule has 1 aromatic carbocycles. The molecule has 0 bridgehead atoms. The van der Waals surface area contributed by atoms with Crippen molar-refractivity contribution in [3.05, 3.63) is 35.4 Å². The van der Waals surface area contributed by atoms with E-state index < -0.39 is 5.97 Å². The lowest BCUT2D eigenvalue weighted by Gasteiger charge is -2.48. The first-order chi connectivity index (χ1) is 10.1. The molecule has 0 aromatic heterocycles. The van der Waals surface area contributed by atoms with Crippen LogP contribution >= 0.6 is 0 Å². The molecule has 1 spiro atoms. The third kappa shape index (κ3) is 2.93. The molecule has 5 heteroatoms. The summed E-state index contributed by atoms with van der Waals surface area (Å²) in [6, 6.07) is 6.50. The van der Waals surface area contributed by atoms with Crippen LogP contribution in [0, 0.1) is 0 Å². The van der Waals surface area contributed by atoms with Crippen LogP contribution in [0.25, 0.3) is 0 Å². The molecule has 5 nitrogen and oxygen atoms in total. The van der Waals surface area contributed by atoms with Crippen molar-refractivity contribution in [1.29, 1.82) is 0 Å². The smallest absolute Gasteiger partial charge is 0.335 e. The molecular weight excluding hydrogens is 270 g/mol. The second kappa shape index (κ2) is 5.48. The SMILES string of the molecule is O=C(O)c1ccc(CC(=O)N2CCOC3(CCC3)C2)cc1. The molecule has 21 heavy (non-hydrogen) atoms. The topological polar surface area (TPSA) is 66.8 Å². The first-order valence-corrected chi connectivity index (χ1v) is 7.32. The van der Waals surface area contributed by atoms with Crippen molar-refractivity contribution in [2.24, 2.45) is 0 Å². The maximum atomic E-state index is 12.4. The van der Waals surface area contributed by atoms with Gasteiger partial charge in [-0.25, -0.2) is 4.79 Å². The molecule has 1 heterocycles. The van der Waals surface area contributed by atoms with E-state index in [4.69, 9.17) is 9.84 Å². The molecule has 0 unspecified atom stereocenters. The summed E-state index contributed by atoms with van der Waals surface area (Å²) < 4.78 is 5.81. The number of carboxylic acids is 1. The molecule has 1 aliphatic carbocycles. The van der Waals surface area contributed by atoms with Crippen LogP contribution in [-0.4, -0.2) is 47.2 Å². The van der Waals surface area contributed by atoms with Crippen LogP contribution in [0.15, 0.2) is 24.3 Å². The molecule has 1 N–H and O–H groups in total. The van der Waals surface area contributed by atoms with Gasteiger partial charge in [-0.3, -0.25) is 4.79 Å². The predicted octanol–water partition coefficient (Wildman–Crippen LogP) is 1.71. The van der Waals surface area contributed by atoms with Crippen molar-refractivity contribution >= 4 is 11.9 Å². The number of carbonyl (C=O) groups excluding carboxylic acids is 1. The molecule has 0 atom stereocenters. The number of rotatable bonds is 3. The lowest BCUT2D eigenvalue weighted by molar-refractivity contribution is -0.167. The fourth-order valence-corrected chi connectivity index (χ4v) is 2.98. The Bertz CT molecular complexity index is 548. The summed E-state index contributed by atoms with van der Waals surface area (Å²) in [5.41, 5.74) is 1.01. The molecule has 2 fully saturated rings. The van der Waals surface area contributed by atoms with Crippen molar-refractivity contribution < 1.29 is 19.4 Å². The van der Waals surface area contributed by atoms with Crippen molar-refractivity contribution in [2.75, 3.05) is 19.7 Å². The van der Waals surface area contributed by atoms with Gasteiger partial charge in [0.05, 0.1) is 24.2 Å². The number of amides is 1. The van der Waals surface area contributed by atoms with E-state index in [2.05, 4.69) is 0 Å².